The molecule has 2 fully saturated rings. The van der Waals surface area contributed by atoms with E-state index in [9.17, 15) is 45.6 Å². The molecule has 14 nitrogen and oxygen atoms in total. The number of hydrogen-bond donors (Lipinski definition) is 9. The van der Waals surface area contributed by atoms with Crippen LogP contribution in [-0.4, -0.2) is 140 Å². The largest absolute Gasteiger partial charge is 0.394 e. The smallest absolute Gasteiger partial charge is 0.220 e. The third-order valence-corrected chi connectivity index (χ3v) is 13.8. The summed E-state index contributed by atoms with van der Waals surface area (Å²) >= 11 is 0. The molecule has 0 saturated carbocycles. The number of ether oxygens (including phenoxy) is 4. The van der Waals surface area contributed by atoms with Crippen LogP contribution in [-0.2, 0) is 23.7 Å². The van der Waals surface area contributed by atoms with Crippen LogP contribution < -0.4 is 5.32 Å². The van der Waals surface area contributed by atoms with Gasteiger partial charge in [0.25, 0.3) is 0 Å². The quantitative estimate of drug-likeness (QED) is 0.0206. The molecule has 0 bridgehead atoms. The summed E-state index contributed by atoms with van der Waals surface area (Å²) in [5.41, 5.74) is 0. The summed E-state index contributed by atoms with van der Waals surface area (Å²) in [6, 6.07) is -0.916. The van der Waals surface area contributed by atoms with Crippen molar-refractivity contribution in [2.24, 2.45) is 0 Å². The number of amides is 1. The summed E-state index contributed by atoms with van der Waals surface area (Å²) in [7, 11) is 0. The Morgan fingerprint density at radius 3 is 1.43 bits per heavy atom. The number of carbonyl (C=O) groups excluding carboxylic acids is 1. The monoisotopic (exact) mass is 998 g/mol. The van der Waals surface area contributed by atoms with Crippen molar-refractivity contribution in [3.8, 4) is 0 Å². The van der Waals surface area contributed by atoms with Gasteiger partial charge in [0, 0.05) is 6.42 Å². The number of aliphatic hydroxyl groups excluding tert-OH is 8. The first kappa shape index (κ1) is 64.3. The first-order chi connectivity index (χ1) is 34.1. The average molecular weight is 998 g/mol. The Morgan fingerprint density at radius 1 is 0.514 bits per heavy atom. The minimum absolute atomic E-state index is 0.244. The van der Waals surface area contributed by atoms with Gasteiger partial charge in [-0.25, -0.2) is 0 Å². The van der Waals surface area contributed by atoms with Crippen molar-refractivity contribution >= 4 is 5.91 Å². The lowest BCUT2D eigenvalue weighted by atomic mass is 9.97. The van der Waals surface area contributed by atoms with Crippen molar-refractivity contribution < 1.29 is 64.6 Å². The molecule has 0 aromatic rings. The first-order valence-corrected chi connectivity index (χ1v) is 28.2. The molecule has 2 heterocycles. The van der Waals surface area contributed by atoms with E-state index in [4.69, 9.17) is 18.9 Å². The van der Waals surface area contributed by atoms with E-state index in [-0.39, 0.29) is 18.9 Å². The molecule has 1 amide bonds. The zero-order valence-corrected chi connectivity index (χ0v) is 43.8. The van der Waals surface area contributed by atoms with E-state index in [1.807, 2.05) is 6.08 Å². The molecule has 0 radical (unpaired) electrons. The van der Waals surface area contributed by atoms with Gasteiger partial charge in [0.1, 0.15) is 48.8 Å². The molecule has 12 unspecified atom stereocenters. The summed E-state index contributed by atoms with van der Waals surface area (Å²) in [5.74, 6) is -0.244. The normalized spacial score (nSPS) is 26.2. The van der Waals surface area contributed by atoms with Gasteiger partial charge < -0.3 is 65.1 Å². The van der Waals surface area contributed by atoms with Crippen LogP contribution in [0.3, 0.4) is 0 Å². The summed E-state index contributed by atoms with van der Waals surface area (Å²) < 4.78 is 22.7. The fourth-order valence-corrected chi connectivity index (χ4v) is 9.20. The zero-order valence-electron chi connectivity index (χ0n) is 43.8. The van der Waals surface area contributed by atoms with Gasteiger partial charge >= 0.3 is 0 Å². The Hall–Kier alpha value is -1.79. The molecule has 2 saturated heterocycles. The number of rotatable bonds is 44. The van der Waals surface area contributed by atoms with E-state index in [0.717, 1.165) is 51.4 Å². The van der Waals surface area contributed by atoms with Crippen molar-refractivity contribution in [3.05, 3.63) is 36.5 Å². The van der Waals surface area contributed by atoms with Gasteiger partial charge in [0.05, 0.1) is 32.0 Å². The van der Waals surface area contributed by atoms with Gasteiger partial charge in [0.15, 0.2) is 12.6 Å². The van der Waals surface area contributed by atoms with Crippen molar-refractivity contribution in [2.75, 3.05) is 19.8 Å². The molecule has 0 spiro atoms. The molecule has 410 valence electrons. The minimum Gasteiger partial charge on any atom is -0.394 e. The number of unbranched alkanes of at least 4 members (excludes halogenated alkanes) is 27. The number of hydrogen-bond acceptors (Lipinski definition) is 13. The number of nitrogens with one attached hydrogen (secondary N) is 1. The maximum atomic E-state index is 13.2. The Labute approximate surface area is 423 Å². The second-order valence-corrected chi connectivity index (χ2v) is 20.1. The minimum atomic E-state index is -1.79. The molecule has 0 aromatic heterocycles. The van der Waals surface area contributed by atoms with Crippen LogP contribution in [0.4, 0.5) is 0 Å². The molecular formula is C56H103NO13. The fourth-order valence-electron chi connectivity index (χ4n) is 9.20. The maximum Gasteiger partial charge on any atom is 0.220 e. The fraction of sp³-hybridized carbons (Fsp3) is 0.875. The zero-order chi connectivity index (χ0) is 51.0. The number of allylic oxidation sites excluding steroid dienone is 5. The van der Waals surface area contributed by atoms with Crippen molar-refractivity contribution in [2.45, 2.75) is 293 Å². The molecule has 12 atom stereocenters. The highest BCUT2D eigenvalue weighted by Gasteiger charge is 2.51. The van der Waals surface area contributed by atoms with E-state index in [2.05, 4.69) is 43.5 Å². The lowest BCUT2D eigenvalue weighted by Crippen LogP contribution is -2.65. The molecule has 2 aliphatic heterocycles. The standard InChI is InChI=1S/C56H103NO13/c1-3-5-7-9-11-13-15-17-19-20-21-22-23-24-26-28-30-32-34-36-38-40-48(61)57-44(45(60)39-37-35-33-31-29-27-25-18-16-14-12-10-8-6-4-2)43-67-55-53(66)51(64)54(47(42-59)69-55)70-56-52(65)50(63)49(62)46(41-58)68-56/h15,17,20-21,37,39,44-47,49-56,58-60,62-66H,3-14,16,18-19,22-36,38,40-43H2,1-2H3,(H,57,61)/b17-15-,21-20-,39-37+. The van der Waals surface area contributed by atoms with E-state index in [1.165, 1.54) is 141 Å². The van der Waals surface area contributed by atoms with Gasteiger partial charge in [0.2, 0.25) is 5.91 Å². The lowest BCUT2D eigenvalue weighted by Gasteiger charge is -2.46. The van der Waals surface area contributed by atoms with Gasteiger partial charge in [-0.2, -0.15) is 0 Å². The van der Waals surface area contributed by atoms with Crippen molar-refractivity contribution in [3.63, 3.8) is 0 Å². The molecule has 9 N–H and O–H groups in total. The maximum absolute atomic E-state index is 13.2. The second-order valence-electron chi connectivity index (χ2n) is 20.1. The molecule has 0 aromatic carbocycles. The Balaban J connectivity index is 1.79. The highest BCUT2D eigenvalue weighted by molar-refractivity contribution is 5.76. The number of aliphatic hydroxyl groups is 8. The van der Waals surface area contributed by atoms with Crippen LogP contribution in [0.1, 0.15) is 219 Å². The SMILES string of the molecule is CCCCCCC/C=C\C/C=C\CCCCCCCCCCCC(=O)NC(COC1OC(CO)C(OC2OC(CO)C(O)C(O)C2O)C(O)C1O)C(O)/C=C/CCCCCCCCCCCCCCC. The predicted molar refractivity (Wildman–Crippen MR) is 277 cm³/mol. The van der Waals surface area contributed by atoms with Gasteiger partial charge in [-0.1, -0.05) is 198 Å². The lowest BCUT2D eigenvalue weighted by molar-refractivity contribution is -0.359. The van der Waals surface area contributed by atoms with E-state index >= 15 is 0 Å². The van der Waals surface area contributed by atoms with Crippen LogP contribution in [0.2, 0.25) is 0 Å². The average Bonchev–Trinajstić information content (AvgIpc) is 3.36. The Kier molecular flexibility index (Phi) is 39.1. The van der Waals surface area contributed by atoms with Crippen LogP contribution in [0, 0.1) is 0 Å². The van der Waals surface area contributed by atoms with Gasteiger partial charge in [-0.05, 0) is 51.4 Å². The van der Waals surface area contributed by atoms with E-state index in [1.54, 1.807) is 6.08 Å². The Bertz CT molecular complexity index is 1320. The molecule has 0 aliphatic carbocycles. The summed E-state index contributed by atoms with van der Waals surface area (Å²) in [6.45, 7) is 2.78. The van der Waals surface area contributed by atoms with E-state index in [0.29, 0.717) is 6.42 Å². The number of carbonyl (C=O) groups is 1. The van der Waals surface area contributed by atoms with Crippen molar-refractivity contribution in [1.29, 1.82) is 0 Å². The van der Waals surface area contributed by atoms with Crippen LogP contribution in [0.5, 0.6) is 0 Å². The van der Waals surface area contributed by atoms with Crippen LogP contribution in [0.25, 0.3) is 0 Å². The summed E-state index contributed by atoms with van der Waals surface area (Å²) in [4.78, 5) is 13.2. The molecule has 70 heavy (non-hydrogen) atoms. The van der Waals surface area contributed by atoms with Crippen LogP contribution >= 0.6 is 0 Å². The van der Waals surface area contributed by atoms with Crippen LogP contribution in [0.15, 0.2) is 36.5 Å². The highest BCUT2D eigenvalue weighted by Crippen LogP contribution is 2.30. The van der Waals surface area contributed by atoms with Gasteiger partial charge in [-0.3, -0.25) is 4.79 Å². The topological polar surface area (TPSA) is 228 Å². The second kappa shape index (κ2) is 42.6. The van der Waals surface area contributed by atoms with E-state index < -0.39 is 86.8 Å². The Morgan fingerprint density at radius 2 is 0.943 bits per heavy atom. The molecule has 2 rings (SSSR count). The predicted octanol–water partition coefficient (Wildman–Crippen LogP) is 8.66. The molecular weight excluding hydrogens is 895 g/mol. The third kappa shape index (κ3) is 28.6. The molecule has 14 heteroatoms. The van der Waals surface area contributed by atoms with Crippen molar-refractivity contribution in [1.82, 2.24) is 5.32 Å². The molecule has 2 aliphatic rings. The highest BCUT2D eigenvalue weighted by atomic mass is 16.7. The van der Waals surface area contributed by atoms with Gasteiger partial charge in [-0.15, -0.1) is 0 Å². The third-order valence-electron chi connectivity index (χ3n) is 13.8. The summed E-state index contributed by atoms with van der Waals surface area (Å²) in [6.07, 6.45) is 33.1. The first-order valence-electron chi connectivity index (χ1n) is 28.2. The summed E-state index contributed by atoms with van der Waals surface area (Å²) in [5, 5.41) is 86.9.